The van der Waals surface area contributed by atoms with Crippen molar-refractivity contribution in [1.29, 1.82) is 0 Å². The van der Waals surface area contributed by atoms with E-state index in [-0.39, 0.29) is 5.91 Å². The molecule has 0 bridgehead atoms. The minimum atomic E-state index is -0.948. The van der Waals surface area contributed by atoms with E-state index in [1.807, 2.05) is 41.8 Å². The van der Waals surface area contributed by atoms with Crippen LogP contribution in [0.2, 0.25) is 0 Å². The van der Waals surface area contributed by atoms with E-state index >= 15 is 0 Å². The maximum atomic E-state index is 12.5. The minimum Gasteiger partial charge on any atom is -0.480 e. The van der Waals surface area contributed by atoms with Gasteiger partial charge in [0.25, 0.3) is 0 Å². The third-order valence-electron chi connectivity index (χ3n) is 3.70. The van der Waals surface area contributed by atoms with Crippen molar-refractivity contribution < 1.29 is 14.7 Å². The summed E-state index contributed by atoms with van der Waals surface area (Å²) in [5.74, 6) is -1.07. The van der Waals surface area contributed by atoms with Crippen LogP contribution in [0.15, 0.2) is 41.8 Å². The maximum Gasteiger partial charge on any atom is 0.327 e. The lowest BCUT2D eigenvalue weighted by Gasteiger charge is -2.22. The zero-order valence-corrected chi connectivity index (χ0v) is 12.2. The summed E-state index contributed by atoms with van der Waals surface area (Å²) < 4.78 is 0. The first kappa shape index (κ1) is 13.8. The lowest BCUT2D eigenvalue weighted by Crippen LogP contribution is -2.42. The Bertz CT molecular complexity index is 666. The third-order valence-corrected chi connectivity index (χ3v) is 4.63. The molecule has 0 saturated carbocycles. The number of hydrogen-bond donors (Lipinski definition) is 1. The molecule has 4 nitrogen and oxygen atoms in total. The first-order chi connectivity index (χ1) is 10.2. The largest absolute Gasteiger partial charge is 0.480 e. The van der Waals surface area contributed by atoms with Crippen molar-refractivity contribution >= 4 is 28.9 Å². The number of hydrogen-bond acceptors (Lipinski definition) is 3. The molecule has 1 N–H and O–H groups in total. The molecule has 1 aromatic carbocycles. The predicted octanol–water partition coefficient (Wildman–Crippen LogP) is 2.72. The number of aryl methyl sites for hydroxylation is 1. The minimum absolute atomic E-state index is 0.124. The van der Waals surface area contributed by atoms with Crippen LogP contribution < -0.4 is 4.90 Å². The van der Waals surface area contributed by atoms with Crippen LogP contribution in [0.25, 0.3) is 0 Å². The quantitative estimate of drug-likeness (QED) is 0.944. The van der Waals surface area contributed by atoms with Crippen molar-refractivity contribution in [2.45, 2.75) is 25.3 Å². The van der Waals surface area contributed by atoms with E-state index in [0.29, 0.717) is 19.3 Å². The van der Waals surface area contributed by atoms with Crippen LogP contribution in [0.1, 0.15) is 16.9 Å². The Labute approximate surface area is 126 Å². The number of fused-ring (bicyclic) bond motifs is 1. The average Bonchev–Trinajstić information content (AvgIpc) is 3.11. The smallest absolute Gasteiger partial charge is 0.327 e. The monoisotopic (exact) mass is 301 g/mol. The number of carbonyl (C=O) groups is 2. The molecule has 5 heteroatoms. The molecular formula is C16H15NO3S. The van der Waals surface area contributed by atoms with E-state index in [2.05, 4.69) is 0 Å². The normalized spacial score (nSPS) is 16.8. The molecule has 0 aliphatic carbocycles. The molecule has 0 spiro atoms. The molecule has 1 aliphatic rings. The molecule has 1 unspecified atom stereocenters. The molecule has 3 rings (SSSR count). The van der Waals surface area contributed by atoms with Gasteiger partial charge in [-0.2, -0.15) is 0 Å². The molecule has 108 valence electrons. The van der Waals surface area contributed by atoms with Gasteiger partial charge in [0, 0.05) is 23.4 Å². The molecule has 1 aliphatic heterocycles. The number of nitrogens with zero attached hydrogens (tertiary/aromatic N) is 1. The SMILES string of the molecule is O=C(O)C1Cc2ccccc2N1C(=O)CCc1cccs1. The van der Waals surface area contributed by atoms with Gasteiger partial charge in [0.15, 0.2) is 0 Å². The van der Waals surface area contributed by atoms with Crippen LogP contribution in [-0.2, 0) is 22.4 Å². The first-order valence-electron chi connectivity index (χ1n) is 6.82. The Kier molecular flexibility index (Phi) is 3.75. The van der Waals surface area contributed by atoms with Crippen LogP contribution in [0.4, 0.5) is 5.69 Å². The van der Waals surface area contributed by atoms with Crippen LogP contribution >= 0.6 is 11.3 Å². The maximum absolute atomic E-state index is 12.5. The van der Waals surface area contributed by atoms with Crippen LogP contribution in [-0.4, -0.2) is 23.0 Å². The fraction of sp³-hybridized carbons (Fsp3) is 0.250. The number of aliphatic carboxylic acids is 1. The summed E-state index contributed by atoms with van der Waals surface area (Å²) in [6.45, 7) is 0. The molecule has 1 atom stereocenters. The number of carboxylic acid groups (broad SMARTS) is 1. The number of amides is 1. The van der Waals surface area contributed by atoms with Crippen molar-refractivity contribution in [2.24, 2.45) is 0 Å². The van der Waals surface area contributed by atoms with Crippen LogP contribution in [0, 0.1) is 0 Å². The number of carbonyl (C=O) groups excluding carboxylic acids is 1. The molecule has 21 heavy (non-hydrogen) atoms. The van der Waals surface area contributed by atoms with Gasteiger partial charge in [-0.25, -0.2) is 4.79 Å². The molecule has 0 radical (unpaired) electrons. The van der Waals surface area contributed by atoms with Gasteiger partial charge in [-0.05, 0) is 29.5 Å². The highest BCUT2D eigenvalue weighted by Gasteiger charge is 2.37. The van der Waals surface area contributed by atoms with Gasteiger partial charge in [0.2, 0.25) is 5.91 Å². The van der Waals surface area contributed by atoms with E-state index in [1.165, 1.54) is 4.90 Å². The second-order valence-corrected chi connectivity index (χ2v) is 6.06. The van der Waals surface area contributed by atoms with Gasteiger partial charge in [-0.1, -0.05) is 24.3 Å². The Balaban J connectivity index is 1.80. The van der Waals surface area contributed by atoms with Gasteiger partial charge in [0.1, 0.15) is 6.04 Å². The average molecular weight is 301 g/mol. The number of benzene rings is 1. The highest BCUT2D eigenvalue weighted by atomic mass is 32.1. The van der Waals surface area contributed by atoms with Gasteiger partial charge in [-0.3, -0.25) is 9.69 Å². The Morgan fingerprint density at radius 1 is 1.24 bits per heavy atom. The summed E-state index contributed by atoms with van der Waals surface area (Å²) in [6, 6.07) is 10.6. The number of anilines is 1. The molecular weight excluding hydrogens is 286 g/mol. The van der Waals surface area contributed by atoms with E-state index in [1.54, 1.807) is 11.3 Å². The summed E-state index contributed by atoms with van der Waals surface area (Å²) in [6.07, 6.45) is 1.37. The lowest BCUT2D eigenvalue weighted by atomic mass is 10.1. The van der Waals surface area contributed by atoms with Crippen LogP contribution in [0.5, 0.6) is 0 Å². The molecule has 0 fully saturated rings. The fourth-order valence-corrected chi connectivity index (χ4v) is 3.41. The highest BCUT2D eigenvalue weighted by Crippen LogP contribution is 2.32. The summed E-state index contributed by atoms with van der Waals surface area (Å²) >= 11 is 1.61. The van der Waals surface area contributed by atoms with Crippen molar-refractivity contribution in [2.75, 3.05) is 4.90 Å². The van der Waals surface area contributed by atoms with Gasteiger partial charge < -0.3 is 5.11 Å². The van der Waals surface area contributed by atoms with Gasteiger partial charge in [0.05, 0.1) is 0 Å². The molecule has 2 heterocycles. The number of rotatable bonds is 4. The van der Waals surface area contributed by atoms with Crippen molar-refractivity contribution in [3.8, 4) is 0 Å². The van der Waals surface area contributed by atoms with Crippen molar-refractivity contribution in [3.63, 3.8) is 0 Å². The van der Waals surface area contributed by atoms with E-state index in [4.69, 9.17) is 0 Å². The second kappa shape index (κ2) is 5.69. The Hall–Kier alpha value is -2.14. The summed E-state index contributed by atoms with van der Waals surface area (Å²) in [5, 5.41) is 11.3. The highest BCUT2D eigenvalue weighted by molar-refractivity contribution is 7.09. The number of para-hydroxylation sites is 1. The molecule has 1 aromatic heterocycles. The van der Waals surface area contributed by atoms with E-state index in [0.717, 1.165) is 16.1 Å². The zero-order valence-electron chi connectivity index (χ0n) is 11.4. The third kappa shape index (κ3) is 2.69. The fourth-order valence-electron chi connectivity index (χ4n) is 2.70. The van der Waals surface area contributed by atoms with Gasteiger partial charge in [-0.15, -0.1) is 11.3 Å². The lowest BCUT2D eigenvalue weighted by molar-refractivity contribution is -0.139. The molecule has 0 saturated heterocycles. The van der Waals surface area contributed by atoms with Gasteiger partial charge >= 0.3 is 5.97 Å². The number of thiophene rings is 1. The first-order valence-corrected chi connectivity index (χ1v) is 7.70. The summed E-state index contributed by atoms with van der Waals surface area (Å²) in [5.41, 5.74) is 1.66. The zero-order chi connectivity index (χ0) is 14.8. The predicted molar refractivity (Wildman–Crippen MR) is 81.7 cm³/mol. The second-order valence-electron chi connectivity index (χ2n) is 5.03. The van der Waals surface area contributed by atoms with E-state index in [9.17, 15) is 14.7 Å². The standard InChI is InChI=1S/C16H15NO3S/c18-15(8-7-12-5-3-9-21-12)17-13-6-2-1-4-11(13)10-14(17)16(19)20/h1-6,9,14H,7-8,10H2,(H,19,20). The number of carboxylic acids is 1. The molecule has 1 amide bonds. The van der Waals surface area contributed by atoms with Crippen LogP contribution in [0.3, 0.4) is 0 Å². The van der Waals surface area contributed by atoms with Crippen molar-refractivity contribution in [1.82, 2.24) is 0 Å². The topological polar surface area (TPSA) is 57.6 Å². The molecule has 2 aromatic rings. The van der Waals surface area contributed by atoms with Crippen molar-refractivity contribution in [3.05, 3.63) is 52.2 Å². The Morgan fingerprint density at radius 2 is 2.05 bits per heavy atom. The summed E-state index contributed by atoms with van der Waals surface area (Å²) in [7, 11) is 0. The van der Waals surface area contributed by atoms with E-state index < -0.39 is 12.0 Å². The summed E-state index contributed by atoms with van der Waals surface area (Å²) in [4.78, 5) is 26.5. The Morgan fingerprint density at radius 3 is 2.76 bits per heavy atom.